The minimum absolute atomic E-state index is 0.551. The van der Waals surface area contributed by atoms with E-state index in [-0.39, 0.29) is 0 Å². The van der Waals surface area contributed by atoms with Crippen molar-refractivity contribution in [3.05, 3.63) is 59.9 Å². The first-order valence-corrected chi connectivity index (χ1v) is 9.12. The standard InChI is InChI=1S/C21H25N3O/c1-25-20-9-5-2-6-16(20)10-13-24-14-11-17(12-15-24)21-22-18-7-3-4-8-19(18)23-21/h2-9,17H,10-15H2,1H3,(H,22,23). The smallest absolute Gasteiger partial charge is 0.122 e. The molecule has 2 aromatic carbocycles. The van der Waals surface area contributed by atoms with Crippen LogP contribution in [-0.2, 0) is 6.42 Å². The van der Waals surface area contributed by atoms with Gasteiger partial charge in [-0.05, 0) is 56.1 Å². The predicted molar refractivity (Wildman–Crippen MR) is 101 cm³/mol. The third-order valence-corrected chi connectivity index (χ3v) is 5.27. The van der Waals surface area contributed by atoms with Crippen molar-refractivity contribution in [1.29, 1.82) is 0 Å². The fourth-order valence-electron chi connectivity index (χ4n) is 3.78. The summed E-state index contributed by atoms with van der Waals surface area (Å²) in [4.78, 5) is 10.9. The molecule has 2 heterocycles. The van der Waals surface area contributed by atoms with Crippen molar-refractivity contribution in [2.45, 2.75) is 25.2 Å². The van der Waals surface area contributed by atoms with Gasteiger partial charge in [0.2, 0.25) is 0 Å². The molecule has 1 N–H and O–H groups in total. The van der Waals surface area contributed by atoms with Crippen LogP contribution in [0.1, 0.15) is 30.1 Å². The Kier molecular flexibility index (Phi) is 4.70. The van der Waals surface area contributed by atoms with Gasteiger partial charge < -0.3 is 14.6 Å². The Morgan fingerprint density at radius 2 is 1.84 bits per heavy atom. The van der Waals surface area contributed by atoms with Gasteiger partial charge in [0.15, 0.2) is 0 Å². The number of rotatable bonds is 5. The Morgan fingerprint density at radius 3 is 2.64 bits per heavy atom. The van der Waals surface area contributed by atoms with Gasteiger partial charge in [0.1, 0.15) is 11.6 Å². The second kappa shape index (κ2) is 7.28. The number of ether oxygens (including phenoxy) is 1. The van der Waals surface area contributed by atoms with E-state index in [4.69, 9.17) is 9.72 Å². The topological polar surface area (TPSA) is 41.1 Å². The van der Waals surface area contributed by atoms with Crippen molar-refractivity contribution in [3.8, 4) is 5.75 Å². The molecule has 0 radical (unpaired) electrons. The second-order valence-corrected chi connectivity index (χ2v) is 6.82. The normalized spacial score (nSPS) is 16.4. The average molecular weight is 335 g/mol. The van der Waals surface area contributed by atoms with Crippen LogP contribution in [0.3, 0.4) is 0 Å². The molecule has 1 saturated heterocycles. The van der Waals surface area contributed by atoms with Crippen LogP contribution in [0.25, 0.3) is 11.0 Å². The number of aromatic amines is 1. The highest BCUT2D eigenvalue weighted by Crippen LogP contribution is 2.28. The molecule has 3 aromatic rings. The molecule has 0 unspecified atom stereocenters. The highest BCUT2D eigenvalue weighted by atomic mass is 16.5. The van der Waals surface area contributed by atoms with Gasteiger partial charge in [-0.25, -0.2) is 4.98 Å². The van der Waals surface area contributed by atoms with Crippen LogP contribution in [0, 0.1) is 0 Å². The van der Waals surface area contributed by atoms with Crippen LogP contribution >= 0.6 is 0 Å². The Hall–Kier alpha value is -2.33. The number of nitrogens with zero attached hydrogens (tertiary/aromatic N) is 2. The van der Waals surface area contributed by atoms with Crippen LogP contribution in [-0.4, -0.2) is 41.6 Å². The zero-order valence-electron chi connectivity index (χ0n) is 14.7. The van der Waals surface area contributed by atoms with Crippen molar-refractivity contribution in [3.63, 3.8) is 0 Å². The van der Waals surface area contributed by atoms with Crippen molar-refractivity contribution in [2.24, 2.45) is 0 Å². The maximum absolute atomic E-state index is 5.46. The largest absolute Gasteiger partial charge is 0.496 e. The Balaban J connectivity index is 1.33. The summed E-state index contributed by atoms with van der Waals surface area (Å²) in [5.74, 6) is 2.71. The number of likely N-dealkylation sites (tertiary alicyclic amines) is 1. The molecule has 1 aromatic heterocycles. The van der Waals surface area contributed by atoms with Gasteiger partial charge in [-0.3, -0.25) is 0 Å². The van der Waals surface area contributed by atoms with Gasteiger partial charge in [0.05, 0.1) is 18.1 Å². The number of nitrogens with one attached hydrogen (secondary N) is 1. The van der Waals surface area contributed by atoms with E-state index in [0.717, 1.165) is 48.7 Å². The van der Waals surface area contributed by atoms with E-state index >= 15 is 0 Å². The summed E-state index contributed by atoms with van der Waals surface area (Å²) in [5, 5.41) is 0. The molecule has 0 saturated carbocycles. The molecule has 0 atom stereocenters. The minimum Gasteiger partial charge on any atom is -0.496 e. The molecule has 0 amide bonds. The van der Waals surface area contributed by atoms with Crippen molar-refractivity contribution in [2.75, 3.05) is 26.7 Å². The number of fused-ring (bicyclic) bond motifs is 1. The lowest BCUT2D eigenvalue weighted by molar-refractivity contribution is 0.211. The molecule has 0 aliphatic carbocycles. The van der Waals surface area contributed by atoms with E-state index in [0.29, 0.717) is 5.92 Å². The first-order valence-electron chi connectivity index (χ1n) is 9.12. The first kappa shape index (κ1) is 16.2. The molecule has 4 nitrogen and oxygen atoms in total. The van der Waals surface area contributed by atoms with E-state index < -0.39 is 0 Å². The molecular weight excluding hydrogens is 310 g/mol. The lowest BCUT2D eigenvalue weighted by Gasteiger charge is -2.31. The second-order valence-electron chi connectivity index (χ2n) is 6.82. The van der Waals surface area contributed by atoms with Gasteiger partial charge >= 0.3 is 0 Å². The zero-order chi connectivity index (χ0) is 17.1. The van der Waals surface area contributed by atoms with E-state index in [1.807, 2.05) is 18.2 Å². The minimum atomic E-state index is 0.551. The van der Waals surface area contributed by atoms with Crippen molar-refractivity contribution >= 4 is 11.0 Å². The third kappa shape index (κ3) is 3.54. The highest BCUT2D eigenvalue weighted by molar-refractivity contribution is 5.74. The van der Waals surface area contributed by atoms with Crippen molar-refractivity contribution < 1.29 is 4.74 Å². The SMILES string of the molecule is COc1ccccc1CCN1CCC(c2nc3ccccc3[nH]2)CC1. The van der Waals surface area contributed by atoms with Crippen LogP contribution in [0.4, 0.5) is 0 Å². The maximum atomic E-state index is 5.46. The summed E-state index contributed by atoms with van der Waals surface area (Å²) < 4.78 is 5.46. The number of para-hydroxylation sites is 3. The Labute approximate surface area is 148 Å². The lowest BCUT2D eigenvalue weighted by Crippen LogP contribution is -2.34. The molecule has 0 bridgehead atoms. The van der Waals surface area contributed by atoms with E-state index in [1.54, 1.807) is 7.11 Å². The highest BCUT2D eigenvalue weighted by Gasteiger charge is 2.23. The predicted octanol–water partition coefficient (Wildman–Crippen LogP) is 3.99. The summed E-state index contributed by atoms with van der Waals surface area (Å²) in [6.45, 7) is 3.36. The van der Waals surface area contributed by atoms with Crippen LogP contribution in [0.2, 0.25) is 0 Å². The molecule has 1 aliphatic heterocycles. The quantitative estimate of drug-likeness (QED) is 0.766. The summed E-state index contributed by atoms with van der Waals surface area (Å²) in [7, 11) is 1.75. The number of hydrogen-bond acceptors (Lipinski definition) is 3. The van der Waals surface area contributed by atoms with Gasteiger partial charge in [-0.1, -0.05) is 30.3 Å². The summed E-state index contributed by atoms with van der Waals surface area (Å²) in [6, 6.07) is 16.6. The molecule has 4 heteroatoms. The molecule has 130 valence electrons. The Bertz CT molecular complexity index is 801. The number of benzene rings is 2. The fourth-order valence-corrected chi connectivity index (χ4v) is 3.78. The molecule has 1 aliphatic rings. The Morgan fingerprint density at radius 1 is 1.08 bits per heavy atom. The van der Waals surface area contributed by atoms with Gasteiger partial charge in [0.25, 0.3) is 0 Å². The lowest BCUT2D eigenvalue weighted by atomic mass is 9.96. The fraction of sp³-hybridized carbons (Fsp3) is 0.381. The van der Waals surface area contributed by atoms with E-state index in [1.165, 1.54) is 18.4 Å². The maximum Gasteiger partial charge on any atom is 0.122 e. The number of H-pyrrole nitrogens is 1. The van der Waals surface area contributed by atoms with Crippen LogP contribution in [0.5, 0.6) is 5.75 Å². The van der Waals surface area contributed by atoms with Crippen molar-refractivity contribution in [1.82, 2.24) is 14.9 Å². The number of aromatic nitrogens is 2. The molecular formula is C21H25N3O. The summed E-state index contributed by atoms with van der Waals surface area (Å²) in [6.07, 6.45) is 3.39. The summed E-state index contributed by atoms with van der Waals surface area (Å²) in [5.41, 5.74) is 3.52. The van der Waals surface area contributed by atoms with E-state index in [9.17, 15) is 0 Å². The van der Waals surface area contributed by atoms with Gasteiger partial charge in [-0.15, -0.1) is 0 Å². The molecule has 1 fully saturated rings. The summed E-state index contributed by atoms with van der Waals surface area (Å²) >= 11 is 0. The molecule has 25 heavy (non-hydrogen) atoms. The molecule has 4 rings (SSSR count). The van der Waals surface area contributed by atoms with Gasteiger partial charge in [0, 0.05) is 12.5 Å². The van der Waals surface area contributed by atoms with Gasteiger partial charge in [-0.2, -0.15) is 0 Å². The van der Waals surface area contributed by atoms with Crippen LogP contribution in [0.15, 0.2) is 48.5 Å². The average Bonchev–Trinajstić information content (AvgIpc) is 3.11. The number of piperidine rings is 1. The molecule has 0 spiro atoms. The zero-order valence-corrected chi connectivity index (χ0v) is 14.7. The first-order chi connectivity index (χ1) is 12.3. The number of methoxy groups -OCH3 is 1. The monoisotopic (exact) mass is 335 g/mol. The third-order valence-electron chi connectivity index (χ3n) is 5.27. The number of imidazole rings is 1. The van der Waals surface area contributed by atoms with Crippen LogP contribution < -0.4 is 4.74 Å². The number of hydrogen-bond donors (Lipinski definition) is 1. The van der Waals surface area contributed by atoms with E-state index in [2.05, 4.69) is 40.2 Å².